The van der Waals surface area contributed by atoms with E-state index in [2.05, 4.69) is 48.7 Å². The average Bonchev–Trinajstić information content (AvgIpc) is 3.49. The van der Waals surface area contributed by atoms with Crippen LogP contribution in [-0.2, 0) is 9.59 Å². The van der Waals surface area contributed by atoms with Crippen molar-refractivity contribution < 1.29 is 9.59 Å². The van der Waals surface area contributed by atoms with Gasteiger partial charge in [-0.25, -0.2) is 0 Å². The molecule has 0 radical (unpaired) electrons. The third kappa shape index (κ3) is 14.2. The number of nitrogens with one attached hydrogen (secondary N) is 1. The maximum absolute atomic E-state index is 11.9. The first-order valence-electron chi connectivity index (χ1n) is 11.1. The standard InChI is InChI=1S/C24H40N2O2/c1-3-4-14-18-24(28)26(2)21-16-13-11-9-7-5-6-8-10-12-15-17-23(27)25-22-19-20-22/h5,7-8,10-11,13,22H,3-4,6,9,12,14-21H2,1-2H3,(H,25,27). The largest absolute Gasteiger partial charge is 0.353 e. The van der Waals surface area contributed by atoms with Crippen LogP contribution in [0.5, 0.6) is 0 Å². The quantitative estimate of drug-likeness (QED) is 0.288. The van der Waals surface area contributed by atoms with E-state index in [1.807, 2.05) is 11.9 Å². The molecule has 1 aliphatic rings. The fraction of sp³-hybridized carbons (Fsp3) is 0.667. The average molecular weight is 389 g/mol. The second-order valence-electron chi connectivity index (χ2n) is 7.68. The molecule has 0 aromatic carbocycles. The van der Waals surface area contributed by atoms with E-state index in [-0.39, 0.29) is 11.8 Å². The lowest BCUT2D eigenvalue weighted by Gasteiger charge is -2.15. The van der Waals surface area contributed by atoms with Crippen LogP contribution in [-0.4, -0.2) is 36.3 Å². The highest BCUT2D eigenvalue weighted by molar-refractivity contribution is 5.76. The Morgan fingerprint density at radius 3 is 2.18 bits per heavy atom. The van der Waals surface area contributed by atoms with Crippen LogP contribution < -0.4 is 5.32 Å². The van der Waals surface area contributed by atoms with Gasteiger partial charge >= 0.3 is 0 Å². The second-order valence-corrected chi connectivity index (χ2v) is 7.68. The normalized spacial score (nSPS) is 14.4. The van der Waals surface area contributed by atoms with Gasteiger partial charge in [0.2, 0.25) is 11.8 Å². The highest BCUT2D eigenvalue weighted by atomic mass is 16.2. The zero-order valence-electron chi connectivity index (χ0n) is 18.0. The molecule has 1 saturated carbocycles. The molecule has 4 nitrogen and oxygen atoms in total. The van der Waals surface area contributed by atoms with Crippen molar-refractivity contribution in [3.05, 3.63) is 36.5 Å². The Labute approximate surface area is 172 Å². The van der Waals surface area contributed by atoms with Crippen LogP contribution in [0.1, 0.15) is 84.0 Å². The molecule has 0 bridgehead atoms. The van der Waals surface area contributed by atoms with E-state index in [0.29, 0.717) is 18.9 Å². The van der Waals surface area contributed by atoms with Gasteiger partial charge in [-0.1, -0.05) is 56.2 Å². The zero-order valence-corrected chi connectivity index (χ0v) is 18.0. The smallest absolute Gasteiger partial charge is 0.222 e. The molecule has 4 heteroatoms. The Balaban J connectivity index is 1.93. The van der Waals surface area contributed by atoms with Gasteiger partial charge in [0, 0.05) is 32.5 Å². The lowest BCUT2D eigenvalue weighted by Crippen LogP contribution is -2.27. The minimum atomic E-state index is 0.203. The van der Waals surface area contributed by atoms with Crippen molar-refractivity contribution in [3.8, 4) is 0 Å². The molecular formula is C24H40N2O2. The van der Waals surface area contributed by atoms with E-state index in [1.54, 1.807) is 0 Å². The molecule has 0 aromatic heterocycles. The highest BCUT2D eigenvalue weighted by Gasteiger charge is 2.22. The van der Waals surface area contributed by atoms with Gasteiger partial charge in [0.1, 0.15) is 0 Å². The lowest BCUT2D eigenvalue weighted by molar-refractivity contribution is -0.130. The fourth-order valence-electron chi connectivity index (χ4n) is 2.80. The number of allylic oxidation sites excluding steroid dienone is 5. The summed E-state index contributed by atoms with van der Waals surface area (Å²) < 4.78 is 0. The number of rotatable bonds is 16. The van der Waals surface area contributed by atoms with Crippen LogP contribution in [0.2, 0.25) is 0 Å². The molecular weight excluding hydrogens is 348 g/mol. The predicted octanol–water partition coefficient (Wildman–Crippen LogP) is 5.31. The molecule has 1 rings (SSSR count). The molecule has 0 heterocycles. The van der Waals surface area contributed by atoms with E-state index >= 15 is 0 Å². The summed E-state index contributed by atoms with van der Waals surface area (Å²) in [6, 6.07) is 0.473. The van der Waals surface area contributed by atoms with Crippen LogP contribution in [0.15, 0.2) is 36.5 Å². The van der Waals surface area contributed by atoms with E-state index in [1.165, 1.54) is 0 Å². The van der Waals surface area contributed by atoms with E-state index in [0.717, 1.165) is 70.8 Å². The zero-order chi connectivity index (χ0) is 20.5. The number of hydrogen-bond acceptors (Lipinski definition) is 2. The molecule has 1 aliphatic carbocycles. The van der Waals surface area contributed by atoms with Gasteiger partial charge in [-0.05, 0) is 51.4 Å². The van der Waals surface area contributed by atoms with Gasteiger partial charge in [0.05, 0.1) is 0 Å². The summed E-state index contributed by atoms with van der Waals surface area (Å²) in [5, 5.41) is 3.02. The minimum absolute atomic E-state index is 0.203. The SMILES string of the molecule is CCCCCC(=O)N(C)CCC=CCC=CCC=CCCCC(=O)NC1CC1. The van der Waals surface area contributed by atoms with Crippen molar-refractivity contribution in [2.24, 2.45) is 0 Å². The molecule has 0 unspecified atom stereocenters. The van der Waals surface area contributed by atoms with Crippen molar-refractivity contribution in [1.82, 2.24) is 10.2 Å². The summed E-state index contributed by atoms with van der Waals surface area (Å²) in [6.45, 7) is 2.95. The first kappa shape index (κ1) is 24.2. The second kappa shape index (κ2) is 16.1. The Hall–Kier alpha value is -1.84. The van der Waals surface area contributed by atoms with Crippen molar-refractivity contribution >= 4 is 11.8 Å². The Morgan fingerprint density at radius 2 is 1.54 bits per heavy atom. The topological polar surface area (TPSA) is 49.4 Å². The molecule has 0 aliphatic heterocycles. The van der Waals surface area contributed by atoms with E-state index in [4.69, 9.17) is 0 Å². The van der Waals surface area contributed by atoms with Crippen molar-refractivity contribution in [2.75, 3.05) is 13.6 Å². The Kier molecular flexibility index (Phi) is 14.0. The van der Waals surface area contributed by atoms with Gasteiger partial charge in [0.15, 0.2) is 0 Å². The van der Waals surface area contributed by atoms with Crippen LogP contribution in [0.4, 0.5) is 0 Å². The first-order chi connectivity index (χ1) is 13.6. The number of carbonyl (C=O) groups is 2. The van der Waals surface area contributed by atoms with Crippen molar-refractivity contribution in [1.29, 1.82) is 0 Å². The van der Waals surface area contributed by atoms with E-state index < -0.39 is 0 Å². The minimum Gasteiger partial charge on any atom is -0.353 e. The molecule has 158 valence electrons. The predicted molar refractivity (Wildman–Crippen MR) is 118 cm³/mol. The number of unbranched alkanes of at least 4 members (excludes halogenated alkanes) is 3. The molecule has 2 amide bonds. The molecule has 1 fully saturated rings. The van der Waals surface area contributed by atoms with E-state index in [9.17, 15) is 9.59 Å². The van der Waals surface area contributed by atoms with Crippen LogP contribution in [0.3, 0.4) is 0 Å². The van der Waals surface area contributed by atoms with Gasteiger partial charge in [-0.15, -0.1) is 0 Å². The summed E-state index contributed by atoms with van der Waals surface area (Å²) in [4.78, 5) is 25.3. The number of amides is 2. The Morgan fingerprint density at radius 1 is 0.893 bits per heavy atom. The monoisotopic (exact) mass is 388 g/mol. The maximum atomic E-state index is 11.9. The van der Waals surface area contributed by atoms with Crippen molar-refractivity contribution in [3.63, 3.8) is 0 Å². The summed E-state index contributed by atoms with van der Waals surface area (Å²) in [6.07, 6.45) is 24.6. The molecule has 1 N–H and O–H groups in total. The number of carbonyl (C=O) groups excluding carboxylic acids is 2. The Bertz CT molecular complexity index is 519. The molecule has 0 spiro atoms. The third-order valence-corrected chi connectivity index (χ3v) is 4.81. The van der Waals surface area contributed by atoms with Crippen molar-refractivity contribution in [2.45, 2.75) is 90.0 Å². The first-order valence-corrected chi connectivity index (χ1v) is 11.1. The van der Waals surface area contributed by atoms with Gasteiger partial charge in [0.25, 0.3) is 0 Å². The number of hydrogen-bond donors (Lipinski definition) is 1. The molecule has 0 aromatic rings. The lowest BCUT2D eigenvalue weighted by atomic mass is 10.2. The highest BCUT2D eigenvalue weighted by Crippen LogP contribution is 2.18. The molecule has 0 saturated heterocycles. The van der Waals surface area contributed by atoms with Gasteiger partial charge in [-0.2, -0.15) is 0 Å². The van der Waals surface area contributed by atoms with Gasteiger partial charge in [-0.3, -0.25) is 9.59 Å². The summed E-state index contributed by atoms with van der Waals surface area (Å²) in [5.41, 5.74) is 0. The fourth-order valence-corrected chi connectivity index (χ4v) is 2.80. The molecule has 28 heavy (non-hydrogen) atoms. The van der Waals surface area contributed by atoms with Crippen LogP contribution in [0.25, 0.3) is 0 Å². The summed E-state index contributed by atoms with van der Waals surface area (Å²) in [7, 11) is 1.90. The summed E-state index contributed by atoms with van der Waals surface area (Å²) >= 11 is 0. The van der Waals surface area contributed by atoms with Gasteiger partial charge < -0.3 is 10.2 Å². The number of nitrogens with zero attached hydrogens (tertiary/aromatic N) is 1. The third-order valence-electron chi connectivity index (χ3n) is 4.81. The maximum Gasteiger partial charge on any atom is 0.222 e. The molecule has 0 atom stereocenters. The van der Waals surface area contributed by atoms with Crippen LogP contribution in [0, 0.1) is 0 Å². The van der Waals surface area contributed by atoms with Crippen LogP contribution >= 0.6 is 0 Å². The summed E-state index contributed by atoms with van der Waals surface area (Å²) in [5.74, 6) is 0.465.